The Bertz CT molecular complexity index is 670. The van der Waals surface area contributed by atoms with Crippen molar-refractivity contribution in [1.29, 1.82) is 5.26 Å². The molecule has 3 rings (SSSR count). The van der Waals surface area contributed by atoms with Gasteiger partial charge in [-0.15, -0.1) is 0 Å². The van der Waals surface area contributed by atoms with Crippen molar-refractivity contribution in [2.24, 2.45) is 5.92 Å². The average molecular weight is 266 g/mol. The van der Waals surface area contributed by atoms with E-state index < -0.39 is 0 Å². The highest BCUT2D eigenvalue weighted by atomic mass is 16.3. The molecular formula is C16H14N2O2. The quantitative estimate of drug-likeness (QED) is 0.858. The van der Waals surface area contributed by atoms with Crippen molar-refractivity contribution in [3.8, 4) is 6.07 Å². The van der Waals surface area contributed by atoms with E-state index in [9.17, 15) is 4.79 Å². The van der Waals surface area contributed by atoms with E-state index in [4.69, 9.17) is 9.68 Å². The predicted octanol–water partition coefficient (Wildman–Crippen LogP) is 2.92. The normalized spacial score (nSPS) is 20.2. The van der Waals surface area contributed by atoms with Crippen LogP contribution in [0, 0.1) is 17.2 Å². The van der Waals surface area contributed by atoms with Crippen molar-refractivity contribution in [1.82, 2.24) is 0 Å². The number of hydrogen-bond donors (Lipinski definition) is 0. The van der Waals surface area contributed by atoms with Gasteiger partial charge in [-0.1, -0.05) is 6.07 Å². The van der Waals surface area contributed by atoms with Crippen molar-refractivity contribution in [3.05, 3.63) is 54.0 Å². The molecule has 2 unspecified atom stereocenters. The molecule has 4 heteroatoms. The maximum atomic E-state index is 12.4. The van der Waals surface area contributed by atoms with E-state index in [0.717, 1.165) is 17.9 Å². The molecule has 1 amide bonds. The average Bonchev–Trinajstić information content (AvgIpc) is 3.11. The second-order valence-electron chi connectivity index (χ2n) is 5.02. The number of anilines is 1. The molecule has 1 heterocycles. The SMILES string of the molecule is CN(C(=O)C1CC1c1ccco1)c1cccc(C#N)c1. The summed E-state index contributed by atoms with van der Waals surface area (Å²) in [5, 5.41) is 8.91. The van der Waals surface area contributed by atoms with Gasteiger partial charge in [-0.3, -0.25) is 4.79 Å². The Balaban J connectivity index is 1.73. The lowest BCUT2D eigenvalue weighted by molar-refractivity contribution is -0.119. The zero-order valence-electron chi connectivity index (χ0n) is 11.1. The molecule has 1 saturated carbocycles. The Kier molecular flexibility index (Phi) is 3.03. The Morgan fingerprint density at radius 3 is 2.95 bits per heavy atom. The number of furan rings is 1. The van der Waals surface area contributed by atoms with Crippen LogP contribution in [0.3, 0.4) is 0 Å². The number of nitrogens with zero attached hydrogens (tertiary/aromatic N) is 2. The first-order chi connectivity index (χ1) is 9.70. The molecule has 1 aliphatic rings. The van der Waals surface area contributed by atoms with Gasteiger partial charge >= 0.3 is 0 Å². The number of carbonyl (C=O) groups is 1. The third-order valence-electron chi connectivity index (χ3n) is 3.71. The molecule has 100 valence electrons. The van der Waals surface area contributed by atoms with Gasteiger partial charge in [-0.05, 0) is 36.8 Å². The molecule has 1 fully saturated rings. The summed E-state index contributed by atoms with van der Waals surface area (Å²) >= 11 is 0. The largest absolute Gasteiger partial charge is 0.469 e. The van der Waals surface area contributed by atoms with E-state index >= 15 is 0 Å². The van der Waals surface area contributed by atoms with E-state index in [1.54, 1.807) is 36.4 Å². The summed E-state index contributed by atoms with van der Waals surface area (Å²) in [7, 11) is 1.75. The van der Waals surface area contributed by atoms with E-state index in [0.29, 0.717) is 5.56 Å². The molecule has 4 nitrogen and oxygen atoms in total. The number of benzene rings is 1. The second kappa shape index (κ2) is 4.86. The van der Waals surface area contributed by atoms with Gasteiger partial charge in [-0.25, -0.2) is 0 Å². The molecule has 0 radical (unpaired) electrons. The van der Waals surface area contributed by atoms with E-state index in [1.807, 2.05) is 18.2 Å². The highest BCUT2D eigenvalue weighted by molar-refractivity contribution is 5.97. The minimum atomic E-state index is -0.0168. The molecule has 0 saturated heterocycles. The van der Waals surface area contributed by atoms with E-state index in [1.165, 1.54) is 0 Å². The van der Waals surface area contributed by atoms with Crippen LogP contribution in [0.5, 0.6) is 0 Å². The summed E-state index contributed by atoms with van der Waals surface area (Å²) in [5.41, 5.74) is 1.31. The van der Waals surface area contributed by atoms with Crippen molar-refractivity contribution in [2.45, 2.75) is 12.3 Å². The lowest BCUT2D eigenvalue weighted by atomic mass is 10.2. The van der Waals surface area contributed by atoms with Gasteiger partial charge in [0.05, 0.1) is 17.9 Å². The number of rotatable bonds is 3. The van der Waals surface area contributed by atoms with Crippen LogP contribution in [0.25, 0.3) is 0 Å². The summed E-state index contributed by atoms with van der Waals surface area (Å²) in [4.78, 5) is 14.0. The zero-order valence-corrected chi connectivity index (χ0v) is 11.1. The maximum absolute atomic E-state index is 12.4. The number of hydrogen-bond acceptors (Lipinski definition) is 3. The lowest BCUT2D eigenvalue weighted by Gasteiger charge is -2.17. The maximum Gasteiger partial charge on any atom is 0.230 e. The molecule has 0 bridgehead atoms. The van der Waals surface area contributed by atoms with Gasteiger partial charge in [0.15, 0.2) is 0 Å². The fraction of sp³-hybridized carbons (Fsp3) is 0.250. The standard InChI is InChI=1S/C16H14N2O2/c1-18(12-5-2-4-11(8-12)10-17)16(19)14-9-13(14)15-6-3-7-20-15/h2-8,13-14H,9H2,1H3. The van der Waals surface area contributed by atoms with E-state index in [2.05, 4.69) is 6.07 Å². The van der Waals surface area contributed by atoms with Crippen LogP contribution < -0.4 is 4.90 Å². The molecule has 20 heavy (non-hydrogen) atoms. The van der Waals surface area contributed by atoms with Gasteiger partial charge in [0.1, 0.15) is 5.76 Å². The molecule has 1 aromatic heterocycles. The number of amides is 1. The molecule has 0 aliphatic heterocycles. The summed E-state index contributed by atoms with van der Waals surface area (Å²) in [6.07, 6.45) is 2.46. The van der Waals surface area contributed by atoms with Crippen molar-refractivity contribution in [3.63, 3.8) is 0 Å². The third-order valence-corrected chi connectivity index (χ3v) is 3.71. The van der Waals surface area contributed by atoms with Crippen molar-refractivity contribution in [2.75, 3.05) is 11.9 Å². The van der Waals surface area contributed by atoms with Crippen LogP contribution in [0.4, 0.5) is 5.69 Å². The summed E-state index contributed by atoms with van der Waals surface area (Å²) in [6.45, 7) is 0. The van der Waals surface area contributed by atoms with Gasteiger partial charge in [0, 0.05) is 24.6 Å². The van der Waals surface area contributed by atoms with Crippen LogP contribution in [-0.2, 0) is 4.79 Å². The lowest BCUT2D eigenvalue weighted by Crippen LogP contribution is -2.28. The minimum Gasteiger partial charge on any atom is -0.469 e. The molecule has 0 N–H and O–H groups in total. The molecule has 1 aliphatic carbocycles. The molecule has 1 aromatic carbocycles. The topological polar surface area (TPSA) is 57.2 Å². The first kappa shape index (κ1) is 12.5. The summed E-state index contributed by atoms with van der Waals surface area (Å²) in [6, 6.07) is 12.9. The van der Waals surface area contributed by atoms with Crippen molar-refractivity contribution >= 4 is 11.6 Å². The second-order valence-corrected chi connectivity index (χ2v) is 5.02. The first-order valence-corrected chi connectivity index (χ1v) is 6.52. The monoisotopic (exact) mass is 266 g/mol. The first-order valence-electron chi connectivity index (χ1n) is 6.52. The zero-order chi connectivity index (χ0) is 14.1. The van der Waals surface area contributed by atoms with E-state index in [-0.39, 0.29) is 17.7 Å². The minimum absolute atomic E-state index is 0.0168. The highest BCUT2D eigenvalue weighted by Crippen LogP contribution is 2.48. The predicted molar refractivity (Wildman–Crippen MR) is 74.1 cm³/mol. The Labute approximate surface area is 117 Å². The summed E-state index contributed by atoms with van der Waals surface area (Å²) < 4.78 is 5.35. The molecule has 2 aromatic rings. The van der Waals surface area contributed by atoms with Gasteiger partial charge < -0.3 is 9.32 Å². The van der Waals surface area contributed by atoms with Crippen molar-refractivity contribution < 1.29 is 9.21 Å². The number of nitriles is 1. The van der Waals surface area contributed by atoms with Crippen LogP contribution >= 0.6 is 0 Å². The fourth-order valence-corrected chi connectivity index (χ4v) is 2.44. The Hall–Kier alpha value is -2.54. The van der Waals surface area contributed by atoms with Gasteiger partial charge in [0.25, 0.3) is 0 Å². The van der Waals surface area contributed by atoms with Crippen LogP contribution in [0.2, 0.25) is 0 Å². The molecular weight excluding hydrogens is 252 g/mol. The number of carbonyl (C=O) groups excluding carboxylic acids is 1. The van der Waals surface area contributed by atoms with Gasteiger partial charge in [-0.2, -0.15) is 5.26 Å². The highest BCUT2D eigenvalue weighted by Gasteiger charge is 2.47. The van der Waals surface area contributed by atoms with Crippen LogP contribution in [0.15, 0.2) is 47.1 Å². The van der Waals surface area contributed by atoms with Crippen LogP contribution in [0.1, 0.15) is 23.7 Å². The smallest absolute Gasteiger partial charge is 0.230 e. The fourth-order valence-electron chi connectivity index (χ4n) is 2.44. The Morgan fingerprint density at radius 2 is 2.25 bits per heavy atom. The molecule has 2 atom stereocenters. The Morgan fingerprint density at radius 1 is 1.40 bits per heavy atom. The third kappa shape index (κ3) is 2.19. The van der Waals surface area contributed by atoms with Gasteiger partial charge in [0.2, 0.25) is 5.91 Å². The summed E-state index contributed by atoms with van der Waals surface area (Å²) in [5.74, 6) is 1.13. The molecule has 0 spiro atoms. The van der Waals surface area contributed by atoms with Crippen LogP contribution in [-0.4, -0.2) is 13.0 Å².